The van der Waals surface area contributed by atoms with Crippen LogP contribution in [0.3, 0.4) is 0 Å². The molecule has 3 aromatic rings. The van der Waals surface area contributed by atoms with Gasteiger partial charge in [-0.15, -0.1) is 0 Å². The molecule has 23 heavy (non-hydrogen) atoms. The fourth-order valence-electron chi connectivity index (χ4n) is 1.96. The largest absolute Gasteiger partial charge is 0.489 e. The number of nitrogens with zero attached hydrogens (tertiary/aromatic N) is 3. The number of nitriles is 1. The second-order valence-electron chi connectivity index (χ2n) is 4.70. The van der Waals surface area contributed by atoms with Crippen LogP contribution in [0, 0.1) is 11.3 Å². The maximum absolute atomic E-state index is 9.20. The molecule has 0 N–H and O–H groups in total. The standard InChI is InChI=1S/C17H12ClN3O2/c18-12-6-7-15-16(8-12)21-17(10-20-15)23-14(9-19)11-22-13-4-2-1-3-5-13/h1-8,10,14H,11H2. The fourth-order valence-corrected chi connectivity index (χ4v) is 2.12. The SMILES string of the molecule is N#CC(COc1ccccc1)Oc1cnc2ccc(Cl)cc2n1. The first-order valence-corrected chi connectivity index (χ1v) is 7.29. The Morgan fingerprint density at radius 2 is 1.96 bits per heavy atom. The quantitative estimate of drug-likeness (QED) is 0.716. The van der Waals surface area contributed by atoms with E-state index in [1.165, 1.54) is 6.20 Å². The summed E-state index contributed by atoms with van der Waals surface area (Å²) >= 11 is 5.94. The Bertz CT molecular complexity index is 849. The van der Waals surface area contributed by atoms with Crippen LogP contribution in [0.2, 0.25) is 5.02 Å². The summed E-state index contributed by atoms with van der Waals surface area (Å²) in [7, 11) is 0. The molecule has 1 aromatic heterocycles. The zero-order valence-electron chi connectivity index (χ0n) is 12.0. The first-order chi connectivity index (χ1) is 11.2. The molecule has 0 bridgehead atoms. The highest BCUT2D eigenvalue weighted by Gasteiger charge is 2.12. The van der Waals surface area contributed by atoms with Gasteiger partial charge in [-0.3, -0.25) is 0 Å². The summed E-state index contributed by atoms with van der Waals surface area (Å²) in [6.07, 6.45) is 0.685. The third-order valence-electron chi connectivity index (χ3n) is 3.03. The molecule has 0 fully saturated rings. The van der Waals surface area contributed by atoms with E-state index in [1.54, 1.807) is 18.2 Å². The molecule has 1 heterocycles. The van der Waals surface area contributed by atoms with Gasteiger partial charge < -0.3 is 9.47 Å². The van der Waals surface area contributed by atoms with Crippen molar-refractivity contribution in [3.05, 3.63) is 59.8 Å². The lowest BCUT2D eigenvalue weighted by Gasteiger charge is -2.13. The van der Waals surface area contributed by atoms with Crippen LogP contribution >= 0.6 is 11.6 Å². The lowest BCUT2D eigenvalue weighted by molar-refractivity contribution is 0.164. The van der Waals surface area contributed by atoms with Crippen LogP contribution in [0.1, 0.15) is 0 Å². The lowest BCUT2D eigenvalue weighted by Crippen LogP contribution is -2.23. The van der Waals surface area contributed by atoms with E-state index >= 15 is 0 Å². The van der Waals surface area contributed by atoms with Crippen molar-refractivity contribution in [3.8, 4) is 17.7 Å². The number of hydrogen-bond donors (Lipinski definition) is 0. The van der Waals surface area contributed by atoms with Gasteiger partial charge in [0.2, 0.25) is 12.0 Å². The molecule has 2 aromatic carbocycles. The van der Waals surface area contributed by atoms with E-state index in [4.69, 9.17) is 21.1 Å². The van der Waals surface area contributed by atoms with E-state index in [2.05, 4.69) is 9.97 Å². The summed E-state index contributed by atoms with van der Waals surface area (Å²) < 4.78 is 11.1. The Kier molecular flexibility index (Phi) is 4.55. The van der Waals surface area contributed by atoms with E-state index < -0.39 is 6.10 Å². The monoisotopic (exact) mass is 325 g/mol. The van der Waals surface area contributed by atoms with Crippen molar-refractivity contribution >= 4 is 22.6 Å². The van der Waals surface area contributed by atoms with E-state index in [0.717, 1.165) is 0 Å². The van der Waals surface area contributed by atoms with Gasteiger partial charge in [0.05, 0.1) is 17.2 Å². The van der Waals surface area contributed by atoms with Gasteiger partial charge in [0, 0.05) is 5.02 Å². The Hall–Kier alpha value is -2.84. The molecule has 1 unspecified atom stereocenters. The van der Waals surface area contributed by atoms with Gasteiger partial charge in [0.25, 0.3) is 0 Å². The van der Waals surface area contributed by atoms with Crippen molar-refractivity contribution < 1.29 is 9.47 Å². The molecule has 0 amide bonds. The maximum atomic E-state index is 9.20. The van der Waals surface area contributed by atoms with Crippen LogP contribution in [0.15, 0.2) is 54.7 Å². The fraction of sp³-hybridized carbons (Fsp3) is 0.118. The highest BCUT2D eigenvalue weighted by molar-refractivity contribution is 6.31. The Morgan fingerprint density at radius 3 is 2.74 bits per heavy atom. The Balaban J connectivity index is 1.70. The van der Waals surface area contributed by atoms with E-state index in [9.17, 15) is 5.26 Å². The summed E-state index contributed by atoms with van der Waals surface area (Å²) in [4.78, 5) is 8.53. The average Bonchev–Trinajstić information content (AvgIpc) is 2.59. The minimum atomic E-state index is -0.791. The third-order valence-corrected chi connectivity index (χ3v) is 3.27. The summed E-state index contributed by atoms with van der Waals surface area (Å²) in [5, 5.41) is 9.76. The van der Waals surface area contributed by atoms with Gasteiger partial charge in [-0.25, -0.2) is 9.97 Å². The first kappa shape index (κ1) is 15.1. The molecule has 114 valence electrons. The normalized spacial score (nSPS) is 11.7. The molecule has 0 saturated heterocycles. The highest BCUT2D eigenvalue weighted by Crippen LogP contribution is 2.19. The van der Waals surface area contributed by atoms with Crippen LogP contribution < -0.4 is 9.47 Å². The number of para-hydroxylation sites is 1. The molecule has 0 spiro atoms. The summed E-state index contributed by atoms with van der Waals surface area (Å²) in [6.45, 7) is 0.0930. The third kappa shape index (κ3) is 3.87. The average molecular weight is 326 g/mol. The predicted molar refractivity (Wildman–Crippen MR) is 86.5 cm³/mol. The topological polar surface area (TPSA) is 68.0 Å². The Morgan fingerprint density at radius 1 is 1.13 bits per heavy atom. The van der Waals surface area contributed by atoms with Crippen molar-refractivity contribution in [1.82, 2.24) is 9.97 Å². The van der Waals surface area contributed by atoms with Crippen LogP contribution in [0.5, 0.6) is 11.6 Å². The van der Waals surface area contributed by atoms with E-state index in [1.807, 2.05) is 36.4 Å². The molecular formula is C17H12ClN3O2. The summed E-state index contributed by atoms with van der Waals surface area (Å²) in [5.41, 5.74) is 1.31. The van der Waals surface area contributed by atoms with E-state index in [0.29, 0.717) is 21.8 Å². The smallest absolute Gasteiger partial charge is 0.234 e. The highest BCUT2D eigenvalue weighted by atomic mass is 35.5. The number of rotatable bonds is 5. The molecule has 6 heteroatoms. The number of ether oxygens (including phenoxy) is 2. The minimum Gasteiger partial charge on any atom is -0.489 e. The second-order valence-corrected chi connectivity index (χ2v) is 5.14. The van der Waals surface area contributed by atoms with Gasteiger partial charge in [0.1, 0.15) is 18.4 Å². The van der Waals surface area contributed by atoms with Crippen molar-refractivity contribution in [1.29, 1.82) is 5.26 Å². The number of halogens is 1. The molecule has 5 nitrogen and oxygen atoms in total. The second kappa shape index (κ2) is 6.95. The number of aromatic nitrogens is 2. The Labute approximate surface area is 138 Å². The van der Waals surface area contributed by atoms with Crippen LogP contribution in [-0.4, -0.2) is 22.7 Å². The van der Waals surface area contributed by atoms with Gasteiger partial charge >= 0.3 is 0 Å². The number of fused-ring (bicyclic) bond motifs is 1. The molecule has 3 rings (SSSR count). The van der Waals surface area contributed by atoms with Gasteiger partial charge in [-0.1, -0.05) is 29.8 Å². The zero-order chi connectivity index (χ0) is 16.1. The number of benzene rings is 2. The van der Waals surface area contributed by atoms with Crippen LogP contribution in [0.4, 0.5) is 0 Å². The minimum absolute atomic E-state index is 0.0930. The van der Waals surface area contributed by atoms with Crippen molar-refractivity contribution in [3.63, 3.8) is 0 Å². The van der Waals surface area contributed by atoms with Crippen LogP contribution in [0.25, 0.3) is 11.0 Å². The van der Waals surface area contributed by atoms with Crippen molar-refractivity contribution in [2.75, 3.05) is 6.61 Å². The van der Waals surface area contributed by atoms with Crippen LogP contribution in [-0.2, 0) is 0 Å². The predicted octanol–water partition coefficient (Wildman–Crippen LogP) is 3.63. The zero-order valence-corrected chi connectivity index (χ0v) is 12.8. The molecule has 0 aliphatic rings. The van der Waals surface area contributed by atoms with E-state index in [-0.39, 0.29) is 12.5 Å². The number of hydrogen-bond acceptors (Lipinski definition) is 5. The summed E-state index contributed by atoms with van der Waals surface area (Å²) in [5.74, 6) is 0.927. The molecule has 0 aliphatic carbocycles. The summed E-state index contributed by atoms with van der Waals surface area (Å²) in [6, 6.07) is 16.5. The first-order valence-electron chi connectivity index (χ1n) is 6.91. The van der Waals surface area contributed by atoms with Gasteiger partial charge in [-0.05, 0) is 30.3 Å². The molecule has 0 saturated carbocycles. The molecule has 0 aliphatic heterocycles. The van der Waals surface area contributed by atoms with Gasteiger partial charge in [-0.2, -0.15) is 5.26 Å². The lowest BCUT2D eigenvalue weighted by atomic mass is 10.3. The van der Waals surface area contributed by atoms with Gasteiger partial charge in [0.15, 0.2) is 0 Å². The van der Waals surface area contributed by atoms with Crippen molar-refractivity contribution in [2.24, 2.45) is 0 Å². The molecular weight excluding hydrogens is 314 g/mol. The maximum Gasteiger partial charge on any atom is 0.234 e. The molecule has 1 atom stereocenters. The molecule has 0 radical (unpaired) electrons. The van der Waals surface area contributed by atoms with Crippen molar-refractivity contribution in [2.45, 2.75) is 6.10 Å².